The van der Waals surface area contributed by atoms with Crippen LogP contribution in [-0.4, -0.2) is 23.4 Å². The summed E-state index contributed by atoms with van der Waals surface area (Å²) >= 11 is 0. The third-order valence-electron chi connectivity index (χ3n) is 1.47. The van der Waals surface area contributed by atoms with Gasteiger partial charge in [0.25, 0.3) is 0 Å². The molecule has 2 nitrogen and oxygen atoms in total. The first kappa shape index (κ1) is 9.92. The molecule has 0 spiro atoms. The zero-order valence-corrected chi connectivity index (χ0v) is 6.71. The first-order valence-corrected chi connectivity index (χ1v) is 4.06. The molecule has 0 aromatic rings. The van der Waals surface area contributed by atoms with E-state index in [0.717, 1.165) is 12.8 Å². The van der Waals surface area contributed by atoms with Crippen molar-refractivity contribution in [3.8, 4) is 0 Å². The molecule has 0 radical (unpaired) electrons. The van der Waals surface area contributed by atoms with Crippen LogP contribution < -0.4 is 0 Å². The smallest absolute Gasteiger partial charge is 0.0459 e. The van der Waals surface area contributed by atoms with Gasteiger partial charge in [-0.2, -0.15) is 0 Å². The van der Waals surface area contributed by atoms with E-state index in [0.29, 0.717) is 19.1 Å². The van der Waals surface area contributed by atoms with Gasteiger partial charge in [0, 0.05) is 13.2 Å². The minimum absolute atomic E-state index is 0.344. The molecule has 1 aliphatic rings. The van der Waals surface area contributed by atoms with Gasteiger partial charge in [0.2, 0.25) is 0 Å². The Morgan fingerprint density at radius 2 is 1.90 bits per heavy atom. The average Bonchev–Trinajstić information content (AvgIpc) is 2.72. The molecule has 0 amide bonds. The lowest BCUT2D eigenvalue weighted by Gasteiger charge is -1.79. The number of aliphatic hydroxyl groups is 2. The summed E-state index contributed by atoms with van der Waals surface area (Å²) in [7, 11) is 0. The third kappa shape index (κ3) is 7.92. The van der Waals surface area contributed by atoms with Gasteiger partial charge < -0.3 is 10.2 Å². The highest BCUT2D eigenvalue weighted by molar-refractivity contribution is 4.70. The molecule has 1 rings (SSSR count). The Morgan fingerprint density at radius 3 is 1.90 bits per heavy atom. The van der Waals surface area contributed by atoms with Gasteiger partial charge >= 0.3 is 0 Å². The van der Waals surface area contributed by atoms with Gasteiger partial charge in [-0.25, -0.2) is 0 Å². The van der Waals surface area contributed by atoms with Crippen LogP contribution in [0, 0.1) is 5.92 Å². The molecule has 1 saturated carbocycles. The fourth-order valence-corrected chi connectivity index (χ4v) is 0.459. The van der Waals surface area contributed by atoms with Crippen molar-refractivity contribution in [1.82, 2.24) is 0 Å². The van der Waals surface area contributed by atoms with E-state index in [1.807, 2.05) is 0 Å². The van der Waals surface area contributed by atoms with Crippen LogP contribution in [0.4, 0.5) is 0 Å². The maximum absolute atomic E-state index is 8.21. The van der Waals surface area contributed by atoms with Gasteiger partial charge in [0.05, 0.1) is 0 Å². The molecule has 2 heteroatoms. The van der Waals surface area contributed by atoms with Crippen molar-refractivity contribution in [2.75, 3.05) is 13.2 Å². The highest BCUT2D eigenvalue weighted by Crippen LogP contribution is 2.27. The molecule has 0 unspecified atom stereocenters. The summed E-state index contributed by atoms with van der Waals surface area (Å²) in [5, 5.41) is 16.3. The van der Waals surface area contributed by atoms with E-state index in [9.17, 15) is 0 Å². The number of unbranched alkanes of at least 4 members (excludes halogenated alkanes) is 1. The standard InChI is InChI=1S/C4H8O.C4H10O/c5-3-4-1-2-4;1-2-3-4-5/h4-5H,1-3H2;5H,2-4H2,1H3. The van der Waals surface area contributed by atoms with E-state index in [1.54, 1.807) is 0 Å². The summed E-state index contributed by atoms with van der Waals surface area (Å²) in [6.45, 7) is 2.81. The lowest BCUT2D eigenvalue weighted by molar-refractivity contribution is 0.277. The van der Waals surface area contributed by atoms with Crippen molar-refractivity contribution in [3.05, 3.63) is 0 Å². The summed E-state index contributed by atoms with van der Waals surface area (Å²) in [4.78, 5) is 0. The Bertz CT molecular complexity index is 58.3. The van der Waals surface area contributed by atoms with Crippen molar-refractivity contribution < 1.29 is 10.2 Å². The fourth-order valence-electron chi connectivity index (χ4n) is 0.459. The van der Waals surface area contributed by atoms with Gasteiger partial charge in [0.1, 0.15) is 0 Å². The maximum atomic E-state index is 8.21. The van der Waals surface area contributed by atoms with E-state index >= 15 is 0 Å². The minimum Gasteiger partial charge on any atom is -0.396 e. The van der Waals surface area contributed by atoms with Crippen LogP contribution in [0.1, 0.15) is 32.6 Å². The van der Waals surface area contributed by atoms with E-state index in [-0.39, 0.29) is 0 Å². The number of aliphatic hydroxyl groups excluding tert-OH is 2. The van der Waals surface area contributed by atoms with Gasteiger partial charge in [0.15, 0.2) is 0 Å². The highest BCUT2D eigenvalue weighted by atomic mass is 16.3. The number of hydrogen-bond donors (Lipinski definition) is 2. The summed E-state index contributed by atoms with van der Waals surface area (Å²) in [6.07, 6.45) is 4.56. The van der Waals surface area contributed by atoms with Gasteiger partial charge in [-0.05, 0) is 25.2 Å². The first-order valence-electron chi connectivity index (χ1n) is 4.06. The topological polar surface area (TPSA) is 40.5 Å². The molecule has 0 heterocycles. The fraction of sp³-hybridized carbons (Fsp3) is 1.00. The molecule has 1 aliphatic carbocycles. The molecule has 1 fully saturated rings. The average molecular weight is 146 g/mol. The quantitative estimate of drug-likeness (QED) is 0.627. The SMILES string of the molecule is CCCCO.OCC1CC1. The molecule has 0 aromatic carbocycles. The second-order valence-electron chi connectivity index (χ2n) is 2.70. The summed E-state index contributed by atoms with van der Waals surface area (Å²) in [5.74, 6) is 0.690. The van der Waals surface area contributed by atoms with Crippen molar-refractivity contribution in [3.63, 3.8) is 0 Å². The van der Waals surface area contributed by atoms with Crippen molar-refractivity contribution in [2.45, 2.75) is 32.6 Å². The van der Waals surface area contributed by atoms with Gasteiger partial charge in [-0.1, -0.05) is 13.3 Å². The second-order valence-corrected chi connectivity index (χ2v) is 2.70. The maximum Gasteiger partial charge on any atom is 0.0459 e. The largest absolute Gasteiger partial charge is 0.396 e. The molecule has 10 heavy (non-hydrogen) atoms. The molecule has 0 atom stereocenters. The lowest BCUT2D eigenvalue weighted by atomic mass is 10.4. The second kappa shape index (κ2) is 7.03. The van der Waals surface area contributed by atoms with Crippen LogP contribution in [0.5, 0.6) is 0 Å². The van der Waals surface area contributed by atoms with Crippen molar-refractivity contribution in [1.29, 1.82) is 0 Å². The Kier molecular flexibility index (Phi) is 6.98. The molecule has 0 saturated heterocycles. The Hall–Kier alpha value is -0.0800. The van der Waals surface area contributed by atoms with E-state index < -0.39 is 0 Å². The summed E-state index contributed by atoms with van der Waals surface area (Å²) in [5.41, 5.74) is 0. The van der Waals surface area contributed by atoms with Crippen LogP contribution in [-0.2, 0) is 0 Å². The Balaban J connectivity index is 0.000000162. The lowest BCUT2D eigenvalue weighted by Crippen LogP contribution is -1.78. The molecular formula is C8H18O2. The molecule has 0 bridgehead atoms. The summed E-state index contributed by atoms with van der Waals surface area (Å²) < 4.78 is 0. The highest BCUT2D eigenvalue weighted by Gasteiger charge is 2.18. The van der Waals surface area contributed by atoms with E-state index in [2.05, 4.69) is 6.92 Å². The van der Waals surface area contributed by atoms with Crippen LogP contribution >= 0.6 is 0 Å². The first-order chi connectivity index (χ1) is 4.85. The van der Waals surface area contributed by atoms with E-state index in [4.69, 9.17) is 10.2 Å². The normalized spacial score (nSPS) is 15.9. The molecule has 0 aromatic heterocycles. The van der Waals surface area contributed by atoms with Crippen LogP contribution in [0.15, 0.2) is 0 Å². The Morgan fingerprint density at radius 1 is 1.30 bits per heavy atom. The zero-order chi connectivity index (χ0) is 7.82. The Labute approximate surface area is 62.9 Å². The van der Waals surface area contributed by atoms with Crippen LogP contribution in [0.25, 0.3) is 0 Å². The zero-order valence-electron chi connectivity index (χ0n) is 6.71. The van der Waals surface area contributed by atoms with E-state index in [1.165, 1.54) is 12.8 Å². The van der Waals surface area contributed by atoms with Crippen LogP contribution in [0.2, 0.25) is 0 Å². The van der Waals surface area contributed by atoms with Crippen molar-refractivity contribution in [2.24, 2.45) is 5.92 Å². The van der Waals surface area contributed by atoms with Gasteiger partial charge in [-0.3, -0.25) is 0 Å². The minimum atomic E-state index is 0.344. The summed E-state index contributed by atoms with van der Waals surface area (Å²) in [6, 6.07) is 0. The van der Waals surface area contributed by atoms with Crippen molar-refractivity contribution >= 4 is 0 Å². The predicted molar refractivity (Wildman–Crippen MR) is 41.8 cm³/mol. The van der Waals surface area contributed by atoms with Crippen LogP contribution in [0.3, 0.4) is 0 Å². The monoisotopic (exact) mass is 146 g/mol. The number of rotatable bonds is 3. The molecule has 0 aliphatic heterocycles. The predicted octanol–water partition coefficient (Wildman–Crippen LogP) is 1.17. The van der Waals surface area contributed by atoms with Gasteiger partial charge in [-0.15, -0.1) is 0 Å². The third-order valence-corrected chi connectivity index (χ3v) is 1.47. The molecular weight excluding hydrogens is 128 g/mol. The molecule has 62 valence electrons. The molecule has 2 N–H and O–H groups in total. The number of hydrogen-bond acceptors (Lipinski definition) is 2.